The summed E-state index contributed by atoms with van der Waals surface area (Å²) in [4.78, 5) is 8.15. The molecule has 1 heterocycles. The molecule has 0 saturated carbocycles. The average Bonchev–Trinajstić information content (AvgIpc) is 2.32. The third-order valence-electron chi connectivity index (χ3n) is 1.87. The van der Waals surface area contributed by atoms with E-state index in [2.05, 4.69) is 37.3 Å². The molecule has 0 amide bonds. The van der Waals surface area contributed by atoms with Crippen molar-refractivity contribution in [1.29, 1.82) is 5.26 Å². The molecule has 0 atom stereocenters. The Labute approximate surface area is 101 Å². The smallest absolute Gasteiger partial charge is 0.227 e. The van der Waals surface area contributed by atoms with E-state index in [1.165, 1.54) is 0 Å². The number of halogens is 1. The Kier molecular flexibility index (Phi) is 3.13. The fraction of sp³-hybridized carbons (Fsp3) is 0. The molecule has 0 aliphatic rings. The van der Waals surface area contributed by atoms with Crippen molar-refractivity contribution in [3.63, 3.8) is 0 Å². The lowest BCUT2D eigenvalue weighted by molar-refractivity contribution is 1.15. The highest BCUT2D eigenvalue weighted by Crippen LogP contribution is 2.15. The molecular weight excluding hydrogens is 268 g/mol. The third-order valence-corrected chi connectivity index (χ3v) is 2.28. The molecule has 0 saturated heterocycles. The minimum Gasteiger partial charge on any atom is -0.324 e. The first-order valence-electron chi connectivity index (χ1n) is 4.52. The van der Waals surface area contributed by atoms with Crippen molar-refractivity contribution in [2.24, 2.45) is 0 Å². The van der Waals surface area contributed by atoms with E-state index >= 15 is 0 Å². The quantitative estimate of drug-likeness (QED) is 0.915. The van der Waals surface area contributed by atoms with Crippen molar-refractivity contribution in [3.8, 4) is 6.07 Å². The summed E-state index contributed by atoms with van der Waals surface area (Å²) in [6.45, 7) is 0. The van der Waals surface area contributed by atoms with Crippen LogP contribution in [0.25, 0.3) is 0 Å². The average molecular weight is 275 g/mol. The van der Waals surface area contributed by atoms with E-state index in [0.717, 1.165) is 10.2 Å². The van der Waals surface area contributed by atoms with Gasteiger partial charge in [0.1, 0.15) is 0 Å². The minimum absolute atomic E-state index is 0.498. The lowest BCUT2D eigenvalue weighted by Crippen LogP contribution is -1.96. The van der Waals surface area contributed by atoms with E-state index in [-0.39, 0.29) is 0 Å². The van der Waals surface area contributed by atoms with Crippen molar-refractivity contribution in [1.82, 2.24) is 9.97 Å². The van der Waals surface area contributed by atoms with Crippen molar-refractivity contribution in [3.05, 3.63) is 46.7 Å². The third kappa shape index (κ3) is 2.55. The summed E-state index contributed by atoms with van der Waals surface area (Å²) >= 11 is 3.26. The molecule has 78 valence electrons. The lowest BCUT2D eigenvalue weighted by Gasteiger charge is -2.03. The number of nitrogens with zero attached hydrogens (tertiary/aromatic N) is 3. The van der Waals surface area contributed by atoms with Gasteiger partial charge < -0.3 is 5.32 Å². The molecule has 0 fully saturated rings. The summed E-state index contributed by atoms with van der Waals surface area (Å²) in [5, 5.41) is 11.8. The van der Waals surface area contributed by atoms with E-state index < -0.39 is 0 Å². The molecule has 0 bridgehead atoms. The van der Waals surface area contributed by atoms with Crippen LogP contribution in [0.2, 0.25) is 0 Å². The number of nitriles is 1. The van der Waals surface area contributed by atoms with Crippen LogP contribution in [0.4, 0.5) is 11.6 Å². The zero-order valence-electron chi connectivity index (χ0n) is 8.18. The maximum Gasteiger partial charge on any atom is 0.227 e. The molecular formula is C11H7BrN4. The Morgan fingerprint density at radius 3 is 2.69 bits per heavy atom. The van der Waals surface area contributed by atoms with Gasteiger partial charge in [-0.15, -0.1) is 0 Å². The standard InChI is InChI=1S/C11H7BrN4/c12-9-6-14-11(15-7-9)16-10-3-1-2-8(4-10)5-13/h1-4,6-7H,(H,14,15,16). The zero-order valence-corrected chi connectivity index (χ0v) is 9.77. The summed E-state index contributed by atoms with van der Waals surface area (Å²) in [6, 6.07) is 9.22. The number of hydrogen-bond acceptors (Lipinski definition) is 4. The molecule has 0 aliphatic carbocycles. The van der Waals surface area contributed by atoms with Crippen molar-refractivity contribution < 1.29 is 0 Å². The molecule has 0 aliphatic heterocycles. The van der Waals surface area contributed by atoms with Crippen LogP contribution in [0.5, 0.6) is 0 Å². The number of aromatic nitrogens is 2. The van der Waals surface area contributed by atoms with Crippen molar-refractivity contribution in [2.45, 2.75) is 0 Å². The monoisotopic (exact) mass is 274 g/mol. The Morgan fingerprint density at radius 2 is 2.00 bits per heavy atom. The second-order valence-electron chi connectivity index (χ2n) is 3.04. The summed E-state index contributed by atoms with van der Waals surface area (Å²) in [7, 11) is 0. The van der Waals surface area contributed by atoms with Gasteiger partial charge in [-0.1, -0.05) is 6.07 Å². The van der Waals surface area contributed by atoms with E-state index in [0.29, 0.717) is 11.5 Å². The number of anilines is 2. The van der Waals surface area contributed by atoms with E-state index in [9.17, 15) is 0 Å². The van der Waals surface area contributed by atoms with Crippen LogP contribution in [-0.2, 0) is 0 Å². The first kappa shape index (κ1) is 10.6. The molecule has 0 unspecified atom stereocenters. The molecule has 5 heteroatoms. The van der Waals surface area contributed by atoms with Crippen LogP contribution in [0, 0.1) is 11.3 Å². The Balaban J connectivity index is 2.21. The van der Waals surface area contributed by atoms with Gasteiger partial charge in [-0.2, -0.15) is 5.26 Å². The number of nitrogens with one attached hydrogen (secondary N) is 1. The fourth-order valence-electron chi connectivity index (χ4n) is 1.17. The van der Waals surface area contributed by atoms with Gasteiger partial charge in [0.05, 0.1) is 16.1 Å². The van der Waals surface area contributed by atoms with Gasteiger partial charge >= 0.3 is 0 Å². The Bertz CT molecular complexity index is 530. The van der Waals surface area contributed by atoms with Crippen LogP contribution in [0.15, 0.2) is 41.1 Å². The topological polar surface area (TPSA) is 61.6 Å². The molecule has 1 aromatic heterocycles. The van der Waals surface area contributed by atoms with Crippen LogP contribution in [-0.4, -0.2) is 9.97 Å². The largest absolute Gasteiger partial charge is 0.324 e. The minimum atomic E-state index is 0.498. The Morgan fingerprint density at radius 1 is 1.25 bits per heavy atom. The zero-order chi connectivity index (χ0) is 11.4. The molecule has 16 heavy (non-hydrogen) atoms. The van der Waals surface area contributed by atoms with E-state index in [1.807, 2.05) is 6.07 Å². The summed E-state index contributed by atoms with van der Waals surface area (Å²) in [5.41, 5.74) is 1.39. The molecule has 2 aromatic rings. The highest BCUT2D eigenvalue weighted by molar-refractivity contribution is 9.10. The van der Waals surface area contributed by atoms with Gasteiger partial charge in [-0.05, 0) is 34.1 Å². The van der Waals surface area contributed by atoms with Crippen LogP contribution in [0.1, 0.15) is 5.56 Å². The number of rotatable bonds is 2. The SMILES string of the molecule is N#Cc1cccc(Nc2ncc(Br)cn2)c1. The van der Waals surface area contributed by atoms with Crippen LogP contribution >= 0.6 is 15.9 Å². The number of benzene rings is 1. The molecule has 2 rings (SSSR count). The van der Waals surface area contributed by atoms with Gasteiger partial charge in [0, 0.05) is 18.1 Å². The second kappa shape index (κ2) is 4.73. The molecule has 1 aromatic carbocycles. The Hall–Kier alpha value is -1.93. The van der Waals surface area contributed by atoms with Gasteiger partial charge in [0.15, 0.2) is 0 Å². The molecule has 1 N–H and O–H groups in total. The van der Waals surface area contributed by atoms with E-state index in [4.69, 9.17) is 5.26 Å². The van der Waals surface area contributed by atoms with Gasteiger partial charge in [0.2, 0.25) is 5.95 Å². The summed E-state index contributed by atoms with van der Waals surface area (Å²) in [6.07, 6.45) is 3.31. The first-order chi connectivity index (χ1) is 7.78. The molecule has 0 radical (unpaired) electrons. The van der Waals surface area contributed by atoms with Gasteiger partial charge in [-0.3, -0.25) is 0 Å². The van der Waals surface area contributed by atoms with Crippen LogP contribution in [0.3, 0.4) is 0 Å². The maximum atomic E-state index is 8.75. The summed E-state index contributed by atoms with van der Waals surface area (Å²) in [5.74, 6) is 0.498. The van der Waals surface area contributed by atoms with Crippen molar-refractivity contribution in [2.75, 3.05) is 5.32 Å². The second-order valence-corrected chi connectivity index (χ2v) is 3.96. The fourth-order valence-corrected chi connectivity index (χ4v) is 1.38. The first-order valence-corrected chi connectivity index (χ1v) is 5.32. The maximum absolute atomic E-state index is 8.75. The highest BCUT2D eigenvalue weighted by atomic mass is 79.9. The van der Waals surface area contributed by atoms with Crippen molar-refractivity contribution >= 4 is 27.6 Å². The predicted molar refractivity (Wildman–Crippen MR) is 64.2 cm³/mol. The van der Waals surface area contributed by atoms with Gasteiger partial charge in [-0.25, -0.2) is 9.97 Å². The molecule has 4 nitrogen and oxygen atoms in total. The predicted octanol–water partition coefficient (Wildman–Crippen LogP) is 2.85. The summed E-state index contributed by atoms with van der Waals surface area (Å²) < 4.78 is 0.823. The van der Waals surface area contributed by atoms with Gasteiger partial charge in [0.25, 0.3) is 0 Å². The van der Waals surface area contributed by atoms with E-state index in [1.54, 1.807) is 30.6 Å². The normalized spacial score (nSPS) is 9.50. The number of hydrogen-bond donors (Lipinski definition) is 1. The highest BCUT2D eigenvalue weighted by Gasteiger charge is 1.98. The van der Waals surface area contributed by atoms with Crippen LogP contribution < -0.4 is 5.32 Å². The molecule has 0 spiro atoms. The lowest BCUT2D eigenvalue weighted by atomic mass is 10.2.